The maximum absolute atomic E-state index is 12.4. The van der Waals surface area contributed by atoms with Gasteiger partial charge in [0.1, 0.15) is 11.9 Å². The number of anilines is 2. The van der Waals surface area contributed by atoms with Gasteiger partial charge in [-0.05, 0) is 38.2 Å². The van der Waals surface area contributed by atoms with Gasteiger partial charge in [-0.2, -0.15) is 0 Å². The fourth-order valence-electron chi connectivity index (χ4n) is 2.92. The summed E-state index contributed by atoms with van der Waals surface area (Å²) < 4.78 is 0. The average Bonchev–Trinajstić information content (AvgIpc) is 2.69. The average molecular weight is 402 g/mol. The number of benzene rings is 1. The Kier molecular flexibility index (Phi) is 6.49. The van der Waals surface area contributed by atoms with Crippen molar-refractivity contribution >= 4 is 34.9 Å². The molecule has 2 aromatic rings. The molecule has 1 aromatic carbocycles. The van der Waals surface area contributed by atoms with E-state index in [-0.39, 0.29) is 5.91 Å². The lowest BCUT2D eigenvalue weighted by Gasteiger charge is -2.33. The van der Waals surface area contributed by atoms with E-state index in [1.54, 1.807) is 37.4 Å². The van der Waals surface area contributed by atoms with Crippen molar-refractivity contribution in [3.8, 4) is 0 Å². The quantitative estimate of drug-likeness (QED) is 0.803. The Bertz CT molecular complexity index is 835. The van der Waals surface area contributed by atoms with Crippen LogP contribution in [0.25, 0.3) is 0 Å². The van der Waals surface area contributed by atoms with Crippen LogP contribution in [0, 0.1) is 0 Å². The molecule has 1 unspecified atom stereocenters. The summed E-state index contributed by atoms with van der Waals surface area (Å²) >= 11 is 6.02. The van der Waals surface area contributed by atoms with E-state index in [1.165, 1.54) is 0 Å². The van der Waals surface area contributed by atoms with Crippen molar-refractivity contribution < 1.29 is 9.59 Å². The second-order valence-corrected chi connectivity index (χ2v) is 7.27. The van der Waals surface area contributed by atoms with Crippen molar-refractivity contribution in [2.24, 2.45) is 0 Å². The molecule has 1 aromatic heterocycles. The third-order valence-corrected chi connectivity index (χ3v) is 5.03. The standard InChI is InChI=1S/C20H24ClN5O2/c1-14(23-20(28)16-5-3-4-6-17(16)21)19(27)24-15-7-8-18(22-13-15)26-11-9-25(2)10-12-26/h3-8,13-14H,9-12H2,1-2H3,(H,23,28)(H,24,27). The molecule has 2 N–H and O–H groups in total. The van der Waals surface area contributed by atoms with Gasteiger partial charge in [0.15, 0.2) is 0 Å². The van der Waals surface area contributed by atoms with Gasteiger partial charge in [0.25, 0.3) is 5.91 Å². The number of amides is 2. The summed E-state index contributed by atoms with van der Waals surface area (Å²) in [4.78, 5) is 33.6. The lowest BCUT2D eigenvalue weighted by Crippen LogP contribution is -2.44. The molecule has 0 saturated carbocycles. The monoisotopic (exact) mass is 401 g/mol. The highest BCUT2D eigenvalue weighted by Gasteiger charge is 2.19. The summed E-state index contributed by atoms with van der Waals surface area (Å²) in [6.45, 7) is 5.49. The molecule has 0 radical (unpaired) electrons. The minimum atomic E-state index is -0.721. The Morgan fingerprint density at radius 1 is 1.11 bits per heavy atom. The summed E-state index contributed by atoms with van der Waals surface area (Å²) in [6.07, 6.45) is 1.63. The molecule has 2 heterocycles. The third-order valence-electron chi connectivity index (χ3n) is 4.70. The molecular weight excluding hydrogens is 378 g/mol. The SMILES string of the molecule is CC(NC(=O)c1ccccc1Cl)C(=O)Nc1ccc(N2CCN(C)CC2)nc1. The van der Waals surface area contributed by atoms with E-state index in [4.69, 9.17) is 11.6 Å². The van der Waals surface area contributed by atoms with Crippen molar-refractivity contribution in [2.45, 2.75) is 13.0 Å². The Labute approximate surface area is 169 Å². The van der Waals surface area contributed by atoms with E-state index in [9.17, 15) is 9.59 Å². The zero-order valence-electron chi connectivity index (χ0n) is 16.0. The Hall–Kier alpha value is -2.64. The van der Waals surface area contributed by atoms with E-state index in [0.29, 0.717) is 16.3 Å². The Balaban J connectivity index is 1.55. The molecule has 7 nitrogen and oxygen atoms in total. The topological polar surface area (TPSA) is 77.6 Å². The number of rotatable bonds is 5. The molecule has 1 atom stereocenters. The van der Waals surface area contributed by atoms with Crippen molar-refractivity contribution in [3.63, 3.8) is 0 Å². The predicted molar refractivity (Wildman–Crippen MR) is 111 cm³/mol. The number of hydrogen-bond acceptors (Lipinski definition) is 5. The molecule has 28 heavy (non-hydrogen) atoms. The second kappa shape index (κ2) is 9.03. The first kappa shape index (κ1) is 20.1. The summed E-state index contributed by atoms with van der Waals surface area (Å²) in [5, 5.41) is 5.77. The minimum absolute atomic E-state index is 0.324. The highest BCUT2D eigenvalue weighted by molar-refractivity contribution is 6.33. The highest BCUT2D eigenvalue weighted by Crippen LogP contribution is 2.17. The molecule has 3 rings (SSSR count). The van der Waals surface area contributed by atoms with Crippen LogP contribution >= 0.6 is 11.6 Å². The zero-order chi connectivity index (χ0) is 20.1. The number of piperazine rings is 1. The van der Waals surface area contributed by atoms with Crippen LogP contribution in [0.4, 0.5) is 11.5 Å². The molecule has 8 heteroatoms. The van der Waals surface area contributed by atoms with Gasteiger partial charge in [-0.25, -0.2) is 4.98 Å². The van der Waals surface area contributed by atoms with Crippen LogP contribution in [0.3, 0.4) is 0 Å². The molecule has 1 fully saturated rings. The van der Waals surface area contributed by atoms with Crippen LogP contribution in [-0.4, -0.2) is 61.0 Å². The molecule has 148 valence electrons. The molecule has 1 saturated heterocycles. The summed E-state index contributed by atoms with van der Waals surface area (Å²) in [5.41, 5.74) is 0.920. The molecule has 1 aliphatic heterocycles. The number of nitrogens with zero attached hydrogens (tertiary/aromatic N) is 3. The first-order chi connectivity index (χ1) is 13.4. The summed E-state index contributed by atoms with van der Waals surface area (Å²) in [6, 6.07) is 9.71. The number of halogens is 1. The Morgan fingerprint density at radius 3 is 2.46 bits per heavy atom. The maximum Gasteiger partial charge on any atom is 0.253 e. The predicted octanol–water partition coefficient (Wildman–Crippen LogP) is 2.24. The molecule has 2 amide bonds. The van der Waals surface area contributed by atoms with Crippen LogP contribution in [0.2, 0.25) is 5.02 Å². The molecular formula is C20H24ClN5O2. The van der Waals surface area contributed by atoms with E-state index < -0.39 is 11.9 Å². The van der Waals surface area contributed by atoms with Gasteiger partial charge in [0, 0.05) is 26.2 Å². The molecule has 0 spiro atoms. The van der Waals surface area contributed by atoms with Crippen LogP contribution in [0.5, 0.6) is 0 Å². The van der Waals surface area contributed by atoms with Gasteiger partial charge in [0.2, 0.25) is 5.91 Å². The normalized spacial score (nSPS) is 15.8. The van der Waals surface area contributed by atoms with Crippen LogP contribution < -0.4 is 15.5 Å². The van der Waals surface area contributed by atoms with Gasteiger partial charge in [-0.1, -0.05) is 23.7 Å². The lowest BCUT2D eigenvalue weighted by atomic mass is 10.2. The van der Waals surface area contributed by atoms with Gasteiger partial charge in [-0.15, -0.1) is 0 Å². The largest absolute Gasteiger partial charge is 0.354 e. The van der Waals surface area contributed by atoms with Crippen molar-refractivity contribution in [1.82, 2.24) is 15.2 Å². The third kappa shape index (κ3) is 4.99. The first-order valence-electron chi connectivity index (χ1n) is 9.20. The highest BCUT2D eigenvalue weighted by atomic mass is 35.5. The van der Waals surface area contributed by atoms with E-state index in [1.807, 2.05) is 12.1 Å². The van der Waals surface area contributed by atoms with E-state index in [0.717, 1.165) is 32.0 Å². The lowest BCUT2D eigenvalue weighted by molar-refractivity contribution is -0.117. The Morgan fingerprint density at radius 2 is 1.82 bits per heavy atom. The molecule has 1 aliphatic rings. The van der Waals surface area contributed by atoms with E-state index >= 15 is 0 Å². The number of pyridine rings is 1. The summed E-state index contributed by atoms with van der Waals surface area (Å²) in [7, 11) is 2.11. The molecule has 0 aliphatic carbocycles. The van der Waals surface area contributed by atoms with Crippen LogP contribution in [0.15, 0.2) is 42.6 Å². The van der Waals surface area contributed by atoms with Crippen molar-refractivity contribution in [1.29, 1.82) is 0 Å². The molecule has 0 bridgehead atoms. The van der Waals surface area contributed by atoms with Crippen molar-refractivity contribution in [3.05, 3.63) is 53.2 Å². The number of carbonyl (C=O) groups excluding carboxylic acids is 2. The number of likely N-dealkylation sites (N-methyl/N-ethyl adjacent to an activating group) is 1. The maximum atomic E-state index is 12.4. The van der Waals surface area contributed by atoms with Crippen molar-refractivity contribution in [2.75, 3.05) is 43.4 Å². The van der Waals surface area contributed by atoms with E-state index in [2.05, 4.69) is 32.5 Å². The minimum Gasteiger partial charge on any atom is -0.354 e. The zero-order valence-corrected chi connectivity index (χ0v) is 16.7. The van der Waals surface area contributed by atoms with Gasteiger partial charge in [0.05, 0.1) is 22.5 Å². The fraction of sp³-hybridized carbons (Fsp3) is 0.350. The number of hydrogen-bond donors (Lipinski definition) is 2. The second-order valence-electron chi connectivity index (χ2n) is 6.86. The fourth-order valence-corrected chi connectivity index (χ4v) is 3.14. The van der Waals surface area contributed by atoms with Crippen LogP contribution in [-0.2, 0) is 4.79 Å². The van der Waals surface area contributed by atoms with Gasteiger partial charge >= 0.3 is 0 Å². The number of nitrogens with one attached hydrogen (secondary N) is 2. The number of carbonyl (C=O) groups is 2. The smallest absolute Gasteiger partial charge is 0.253 e. The van der Waals surface area contributed by atoms with Gasteiger partial charge in [-0.3, -0.25) is 9.59 Å². The first-order valence-corrected chi connectivity index (χ1v) is 9.57. The van der Waals surface area contributed by atoms with Crippen LogP contribution in [0.1, 0.15) is 17.3 Å². The number of aromatic nitrogens is 1. The summed E-state index contributed by atoms with van der Waals surface area (Å²) in [5.74, 6) is 0.178. The van der Waals surface area contributed by atoms with Gasteiger partial charge < -0.3 is 20.4 Å².